The first-order chi connectivity index (χ1) is 13.6. The van der Waals surface area contributed by atoms with Crippen molar-refractivity contribution in [2.24, 2.45) is 0 Å². The zero-order valence-corrected chi connectivity index (χ0v) is 15.1. The summed E-state index contributed by atoms with van der Waals surface area (Å²) in [5.41, 5.74) is 6.96. The zero-order valence-electron chi connectivity index (χ0n) is 15.1. The lowest BCUT2D eigenvalue weighted by Crippen LogP contribution is -2.31. The number of anilines is 1. The second kappa shape index (κ2) is 7.55. The van der Waals surface area contributed by atoms with Gasteiger partial charge in [0.1, 0.15) is 23.9 Å². The second-order valence-corrected chi connectivity index (χ2v) is 6.56. The molecular weight excluding hydrogens is 360 g/mol. The van der Waals surface area contributed by atoms with Crippen LogP contribution in [0.5, 0.6) is 0 Å². The number of hydrogen-bond acceptors (Lipinski definition) is 6. The summed E-state index contributed by atoms with van der Waals surface area (Å²) >= 11 is 0. The molecule has 0 aliphatic carbocycles. The first-order valence-electron chi connectivity index (χ1n) is 8.99. The van der Waals surface area contributed by atoms with Gasteiger partial charge in [0.15, 0.2) is 5.69 Å². The maximum absolute atomic E-state index is 12.5. The van der Waals surface area contributed by atoms with Crippen LogP contribution in [-0.4, -0.2) is 43.3 Å². The van der Waals surface area contributed by atoms with Crippen molar-refractivity contribution in [2.75, 3.05) is 12.3 Å². The van der Waals surface area contributed by atoms with Crippen molar-refractivity contribution in [3.63, 3.8) is 0 Å². The molecule has 0 spiro atoms. The standard InChI is InChI=1S/C19H20N6O3/c20-17-15(22-11-23-17)16(26)13-9-21-18(24-13)14-7-4-8-25(14)19(27)28-10-12-5-2-1-3-6-12/h1-3,5-6,9,11,14H,4,7-8,10,20H2,(H,21,24)(H,22,23)/t14-/m0/s1. The summed E-state index contributed by atoms with van der Waals surface area (Å²) < 4.78 is 5.44. The molecule has 144 valence electrons. The lowest BCUT2D eigenvalue weighted by Gasteiger charge is -2.22. The van der Waals surface area contributed by atoms with Gasteiger partial charge in [0.2, 0.25) is 5.78 Å². The molecule has 3 heterocycles. The zero-order chi connectivity index (χ0) is 19.5. The van der Waals surface area contributed by atoms with E-state index in [-0.39, 0.29) is 35.6 Å². The smallest absolute Gasteiger partial charge is 0.410 e. The fourth-order valence-electron chi connectivity index (χ4n) is 3.30. The van der Waals surface area contributed by atoms with Gasteiger partial charge in [-0.25, -0.2) is 14.8 Å². The third kappa shape index (κ3) is 3.46. The molecule has 3 aromatic rings. The summed E-state index contributed by atoms with van der Waals surface area (Å²) in [6, 6.07) is 9.25. The number of aromatic amines is 2. The van der Waals surface area contributed by atoms with Gasteiger partial charge in [-0.2, -0.15) is 0 Å². The molecule has 4 N–H and O–H groups in total. The highest BCUT2D eigenvalue weighted by atomic mass is 16.6. The van der Waals surface area contributed by atoms with Crippen LogP contribution in [0.15, 0.2) is 42.9 Å². The highest BCUT2D eigenvalue weighted by Crippen LogP contribution is 2.31. The number of nitrogens with one attached hydrogen (secondary N) is 2. The Hall–Kier alpha value is -3.62. The Morgan fingerprint density at radius 2 is 2.07 bits per heavy atom. The number of carbonyl (C=O) groups is 2. The number of H-pyrrole nitrogens is 2. The Labute approximate surface area is 160 Å². The van der Waals surface area contributed by atoms with Gasteiger partial charge in [-0.05, 0) is 18.4 Å². The van der Waals surface area contributed by atoms with E-state index in [1.807, 2.05) is 30.3 Å². The number of amides is 1. The van der Waals surface area contributed by atoms with E-state index in [2.05, 4.69) is 19.9 Å². The molecule has 9 nitrogen and oxygen atoms in total. The summed E-state index contributed by atoms with van der Waals surface area (Å²) in [4.78, 5) is 40.6. The minimum Gasteiger partial charge on any atom is -0.445 e. The monoisotopic (exact) mass is 380 g/mol. The van der Waals surface area contributed by atoms with E-state index < -0.39 is 6.09 Å². The van der Waals surface area contributed by atoms with Gasteiger partial charge in [0, 0.05) is 12.7 Å². The predicted molar refractivity (Wildman–Crippen MR) is 100 cm³/mol. The van der Waals surface area contributed by atoms with E-state index in [0.717, 1.165) is 18.4 Å². The summed E-state index contributed by atoms with van der Waals surface area (Å²) in [5, 5.41) is 0. The number of imidazole rings is 2. The van der Waals surface area contributed by atoms with E-state index in [0.29, 0.717) is 12.4 Å². The number of ketones is 1. The van der Waals surface area contributed by atoms with Gasteiger partial charge in [-0.3, -0.25) is 9.69 Å². The molecule has 1 amide bonds. The van der Waals surface area contributed by atoms with Crippen LogP contribution in [0, 0.1) is 0 Å². The Morgan fingerprint density at radius 3 is 2.82 bits per heavy atom. The third-order valence-electron chi connectivity index (χ3n) is 4.72. The van der Waals surface area contributed by atoms with Gasteiger partial charge < -0.3 is 20.4 Å². The molecule has 0 radical (unpaired) electrons. The lowest BCUT2D eigenvalue weighted by atomic mass is 10.2. The topological polar surface area (TPSA) is 130 Å². The minimum absolute atomic E-state index is 0.128. The summed E-state index contributed by atoms with van der Waals surface area (Å²) in [6.07, 6.45) is 4.05. The molecule has 4 rings (SSSR count). The van der Waals surface area contributed by atoms with Crippen molar-refractivity contribution in [1.29, 1.82) is 0 Å². The van der Waals surface area contributed by atoms with E-state index in [1.54, 1.807) is 4.90 Å². The molecule has 28 heavy (non-hydrogen) atoms. The molecule has 0 saturated carbocycles. The van der Waals surface area contributed by atoms with Crippen LogP contribution in [0.3, 0.4) is 0 Å². The van der Waals surface area contributed by atoms with Crippen molar-refractivity contribution in [1.82, 2.24) is 24.8 Å². The Kier molecular flexibility index (Phi) is 4.79. The van der Waals surface area contributed by atoms with Crippen molar-refractivity contribution in [3.8, 4) is 0 Å². The third-order valence-corrected chi connectivity index (χ3v) is 4.72. The quantitative estimate of drug-likeness (QED) is 0.583. The molecule has 0 unspecified atom stereocenters. The number of nitrogens with zero attached hydrogens (tertiary/aromatic N) is 3. The molecule has 1 aromatic carbocycles. The average Bonchev–Trinajstić information content (AvgIpc) is 3.46. The number of hydrogen-bond donors (Lipinski definition) is 3. The first kappa shape index (κ1) is 17.8. The van der Waals surface area contributed by atoms with Crippen LogP contribution >= 0.6 is 0 Å². The predicted octanol–water partition coefficient (Wildman–Crippen LogP) is 2.42. The van der Waals surface area contributed by atoms with Gasteiger partial charge in [-0.15, -0.1) is 0 Å². The minimum atomic E-state index is -0.396. The number of ether oxygens (including phenoxy) is 1. The van der Waals surface area contributed by atoms with Crippen LogP contribution in [0.25, 0.3) is 0 Å². The van der Waals surface area contributed by atoms with Crippen LogP contribution in [0.4, 0.5) is 10.6 Å². The highest BCUT2D eigenvalue weighted by molar-refractivity contribution is 6.09. The van der Waals surface area contributed by atoms with Gasteiger partial charge in [0.05, 0.1) is 12.4 Å². The van der Waals surface area contributed by atoms with Crippen molar-refractivity contribution >= 4 is 17.7 Å². The highest BCUT2D eigenvalue weighted by Gasteiger charge is 2.33. The SMILES string of the molecule is Nc1[nH]cnc1C(=O)c1c[nH]c([C@@H]2CCCN2C(=O)OCc2ccccc2)n1. The van der Waals surface area contributed by atoms with E-state index in [9.17, 15) is 9.59 Å². The second-order valence-electron chi connectivity index (χ2n) is 6.56. The molecule has 1 fully saturated rings. The van der Waals surface area contributed by atoms with Crippen molar-refractivity contribution in [2.45, 2.75) is 25.5 Å². The van der Waals surface area contributed by atoms with Gasteiger partial charge in [0.25, 0.3) is 0 Å². The number of benzene rings is 1. The molecule has 2 aromatic heterocycles. The largest absolute Gasteiger partial charge is 0.445 e. The fraction of sp³-hybridized carbons (Fsp3) is 0.263. The Bertz CT molecular complexity index is 980. The number of rotatable bonds is 5. The fourth-order valence-corrected chi connectivity index (χ4v) is 3.30. The number of nitrogens with two attached hydrogens (primary N) is 1. The van der Waals surface area contributed by atoms with E-state index in [4.69, 9.17) is 10.5 Å². The first-order valence-corrected chi connectivity index (χ1v) is 8.99. The maximum atomic E-state index is 12.5. The molecule has 1 atom stereocenters. The van der Waals surface area contributed by atoms with Crippen molar-refractivity contribution < 1.29 is 14.3 Å². The number of nitrogen functional groups attached to an aromatic ring is 1. The van der Waals surface area contributed by atoms with Crippen LogP contribution in [-0.2, 0) is 11.3 Å². The molecule has 0 bridgehead atoms. The molecule has 9 heteroatoms. The molecule has 1 aliphatic rings. The van der Waals surface area contributed by atoms with E-state index in [1.165, 1.54) is 12.5 Å². The normalized spacial score (nSPS) is 16.3. The number of aromatic nitrogens is 4. The lowest BCUT2D eigenvalue weighted by molar-refractivity contribution is 0.0909. The van der Waals surface area contributed by atoms with E-state index >= 15 is 0 Å². The summed E-state index contributed by atoms with van der Waals surface area (Å²) in [6.45, 7) is 0.789. The Morgan fingerprint density at radius 1 is 1.25 bits per heavy atom. The number of carbonyl (C=O) groups excluding carboxylic acids is 2. The average molecular weight is 380 g/mol. The van der Waals surface area contributed by atoms with Gasteiger partial charge in [-0.1, -0.05) is 30.3 Å². The number of likely N-dealkylation sites (tertiary alicyclic amines) is 1. The maximum Gasteiger partial charge on any atom is 0.410 e. The Balaban J connectivity index is 1.45. The van der Waals surface area contributed by atoms with Crippen LogP contribution in [0.2, 0.25) is 0 Å². The molecule has 1 saturated heterocycles. The molecular formula is C19H20N6O3. The van der Waals surface area contributed by atoms with Crippen LogP contribution in [0.1, 0.15) is 46.5 Å². The summed E-state index contributed by atoms with van der Waals surface area (Å²) in [7, 11) is 0. The summed E-state index contributed by atoms with van der Waals surface area (Å²) in [5.74, 6) is 0.366. The van der Waals surface area contributed by atoms with Crippen LogP contribution < -0.4 is 5.73 Å². The van der Waals surface area contributed by atoms with Gasteiger partial charge >= 0.3 is 6.09 Å². The van der Waals surface area contributed by atoms with Crippen molar-refractivity contribution in [3.05, 3.63) is 65.6 Å². The molecule has 1 aliphatic heterocycles.